The Balaban J connectivity index is 1.73. The van der Waals surface area contributed by atoms with Crippen LogP contribution in [0.25, 0.3) is 0 Å². The molecule has 0 fully saturated rings. The van der Waals surface area contributed by atoms with Crippen LogP contribution in [0.4, 0.5) is 11.6 Å². The van der Waals surface area contributed by atoms with E-state index in [1.54, 1.807) is 12.4 Å². The molecular formula is C17H20N4O. The highest BCUT2D eigenvalue weighted by atomic mass is 16.1. The van der Waals surface area contributed by atoms with Gasteiger partial charge < -0.3 is 10.6 Å². The van der Waals surface area contributed by atoms with Crippen LogP contribution >= 0.6 is 0 Å². The first kappa shape index (κ1) is 14.5. The third-order valence-electron chi connectivity index (χ3n) is 3.74. The average Bonchev–Trinajstić information content (AvgIpc) is 2.97. The number of hydrogen-bond acceptors (Lipinski definition) is 5. The molecule has 0 amide bonds. The van der Waals surface area contributed by atoms with Crippen molar-refractivity contribution in [3.8, 4) is 0 Å². The Labute approximate surface area is 130 Å². The number of nitrogens with zero attached hydrogens (tertiary/aromatic N) is 2. The Kier molecular flexibility index (Phi) is 4.04. The summed E-state index contributed by atoms with van der Waals surface area (Å²) in [6.07, 6.45) is 3.38. The SMILES string of the molecule is CC(C)CNc1ccc(C(=O)C2CNc3ncccc32)cn1. The molecule has 0 saturated heterocycles. The number of rotatable bonds is 5. The van der Waals surface area contributed by atoms with Gasteiger partial charge in [-0.2, -0.15) is 0 Å². The number of aromatic nitrogens is 2. The molecule has 2 N–H and O–H groups in total. The van der Waals surface area contributed by atoms with Gasteiger partial charge in [0.2, 0.25) is 0 Å². The van der Waals surface area contributed by atoms with Gasteiger partial charge >= 0.3 is 0 Å². The molecule has 0 radical (unpaired) electrons. The number of pyridine rings is 2. The molecule has 114 valence electrons. The first-order valence-corrected chi connectivity index (χ1v) is 7.58. The summed E-state index contributed by atoms with van der Waals surface area (Å²) < 4.78 is 0. The fourth-order valence-electron chi connectivity index (χ4n) is 2.54. The molecule has 1 atom stereocenters. The van der Waals surface area contributed by atoms with Gasteiger partial charge in [-0.3, -0.25) is 4.79 Å². The highest BCUT2D eigenvalue weighted by Gasteiger charge is 2.29. The van der Waals surface area contributed by atoms with Gasteiger partial charge in [0.05, 0.1) is 5.92 Å². The van der Waals surface area contributed by atoms with E-state index in [0.29, 0.717) is 18.0 Å². The van der Waals surface area contributed by atoms with Crippen LogP contribution in [0.1, 0.15) is 35.7 Å². The average molecular weight is 296 g/mol. The van der Waals surface area contributed by atoms with Gasteiger partial charge in [-0.1, -0.05) is 19.9 Å². The third-order valence-corrected chi connectivity index (χ3v) is 3.74. The molecular weight excluding hydrogens is 276 g/mol. The predicted molar refractivity (Wildman–Crippen MR) is 87.4 cm³/mol. The van der Waals surface area contributed by atoms with Gasteiger partial charge in [-0.15, -0.1) is 0 Å². The molecule has 22 heavy (non-hydrogen) atoms. The van der Waals surface area contributed by atoms with E-state index >= 15 is 0 Å². The summed E-state index contributed by atoms with van der Waals surface area (Å²) in [7, 11) is 0. The molecule has 2 aromatic rings. The minimum absolute atomic E-state index is 0.0853. The second kappa shape index (κ2) is 6.13. The number of carbonyl (C=O) groups is 1. The van der Waals surface area contributed by atoms with Crippen molar-refractivity contribution in [1.82, 2.24) is 9.97 Å². The lowest BCUT2D eigenvalue weighted by molar-refractivity contribution is 0.0966. The number of fused-ring (bicyclic) bond motifs is 1. The Hall–Kier alpha value is -2.43. The quantitative estimate of drug-likeness (QED) is 0.830. The largest absolute Gasteiger partial charge is 0.370 e. The van der Waals surface area contributed by atoms with Crippen LogP contribution in [-0.2, 0) is 0 Å². The van der Waals surface area contributed by atoms with E-state index in [1.165, 1.54) is 0 Å². The number of Topliss-reactive ketones (excluding diaryl/α,β-unsaturated/α-hetero) is 1. The molecule has 0 aliphatic carbocycles. The van der Waals surface area contributed by atoms with Crippen molar-refractivity contribution in [2.24, 2.45) is 5.92 Å². The fourth-order valence-corrected chi connectivity index (χ4v) is 2.54. The molecule has 2 aromatic heterocycles. The topological polar surface area (TPSA) is 66.9 Å². The molecule has 3 rings (SSSR count). The standard InChI is InChI=1S/C17H20N4O/c1-11(2)8-19-15-6-5-12(9-20-15)16(22)14-10-21-17-13(14)4-3-7-18-17/h3-7,9,11,14H,8,10H2,1-2H3,(H,18,21)(H,19,20). The predicted octanol–water partition coefficient (Wildman–Crippen LogP) is 2.94. The van der Waals surface area contributed by atoms with Gasteiger partial charge in [-0.25, -0.2) is 9.97 Å². The first-order chi connectivity index (χ1) is 10.6. The molecule has 0 aromatic carbocycles. The van der Waals surface area contributed by atoms with Crippen LogP contribution < -0.4 is 10.6 Å². The molecule has 5 nitrogen and oxygen atoms in total. The van der Waals surface area contributed by atoms with Crippen molar-refractivity contribution in [3.63, 3.8) is 0 Å². The summed E-state index contributed by atoms with van der Waals surface area (Å²) in [6.45, 7) is 5.75. The molecule has 3 heterocycles. The molecule has 0 bridgehead atoms. The summed E-state index contributed by atoms with van der Waals surface area (Å²) in [5.74, 6) is 2.07. The van der Waals surface area contributed by atoms with Crippen molar-refractivity contribution >= 4 is 17.4 Å². The van der Waals surface area contributed by atoms with Gasteiger partial charge in [0.25, 0.3) is 0 Å². The zero-order chi connectivity index (χ0) is 15.5. The molecule has 1 aliphatic rings. The third kappa shape index (κ3) is 2.93. The fraction of sp³-hybridized carbons (Fsp3) is 0.353. The minimum atomic E-state index is -0.181. The van der Waals surface area contributed by atoms with Crippen LogP contribution in [0.2, 0.25) is 0 Å². The lowest BCUT2D eigenvalue weighted by Gasteiger charge is -2.10. The number of carbonyl (C=O) groups excluding carboxylic acids is 1. The van der Waals surface area contributed by atoms with E-state index in [1.807, 2.05) is 24.3 Å². The summed E-state index contributed by atoms with van der Waals surface area (Å²) in [5.41, 5.74) is 1.60. The number of ketones is 1. The van der Waals surface area contributed by atoms with Crippen LogP contribution in [0.15, 0.2) is 36.7 Å². The van der Waals surface area contributed by atoms with E-state index in [2.05, 4.69) is 34.4 Å². The molecule has 1 aliphatic heterocycles. The van der Waals surface area contributed by atoms with Gasteiger partial charge in [0, 0.05) is 36.6 Å². The molecule has 5 heteroatoms. The van der Waals surface area contributed by atoms with Crippen LogP contribution in [-0.4, -0.2) is 28.8 Å². The number of nitrogens with one attached hydrogen (secondary N) is 2. The smallest absolute Gasteiger partial charge is 0.173 e. The Morgan fingerprint density at radius 3 is 2.95 bits per heavy atom. The first-order valence-electron chi connectivity index (χ1n) is 7.58. The van der Waals surface area contributed by atoms with E-state index in [9.17, 15) is 4.79 Å². The van der Waals surface area contributed by atoms with Gasteiger partial charge in [-0.05, 0) is 24.1 Å². The maximum absolute atomic E-state index is 12.7. The monoisotopic (exact) mass is 296 g/mol. The second-order valence-electron chi connectivity index (χ2n) is 5.95. The minimum Gasteiger partial charge on any atom is -0.370 e. The molecule has 0 saturated carbocycles. The molecule has 0 spiro atoms. The zero-order valence-corrected chi connectivity index (χ0v) is 12.8. The van der Waals surface area contributed by atoms with Crippen LogP contribution in [0.5, 0.6) is 0 Å². The molecule has 1 unspecified atom stereocenters. The van der Waals surface area contributed by atoms with E-state index in [0.717, 1.165) is 23.7 Å². The Bertz CT molecular complexity index is 667. The lowest BCUT2D eigenvalue weighted by Crippen LogP contribution is -2.15. The Morgan fingerprint density at radius 1 is 1.36 bits per heavy atom. The van der Waals surface area contributed by atoms with Crippen molar-refractivity contribution in [1.29, 1.82) is 0 Å². The number of anilines is 2. The van der Waals surface area contributed by atoms with E-state index in [4.69, 9.17) is 0 Å². The summed E-state index contributed by atoms with van der Waals surface area (Å²) in [6, 6.07) is 7.52. The summed E-state index contributed by atoms with van der Waals surface area (Å²) in [4.78, 5) is 21.2. The zero-order valence-electron chi connectivity index (χ0n) is 12.8. The van der Waals surface area contributed by atoms with Crippen LogP contribution in [0.3, 0.4) is 0 Å². The maximum atomic E-state index is 12.7. The highest BCUT2D eigenvalue weighted by molar-refractivity contribution is 6.02. The van der Waals surface area contributed by atoms with Gasteiger partial charge in [0.15, 0.2) is 5.78 Å². The lowest BCUT2D eigenvalue weighted by atomic mass is 9.94. The van der Waals surface area contributed by atoms with Crippen molar-refractivity contribution in [2.75, 3.05) is 23.7 Å². The van der Waals surface area contributed by atoms with Gasteiger partial charge in [0.1, 0.15) is 11.6 Å². The summed E-state index contributed by atoms with van der Waals surface area (Å²) in [5, 5.41) is 6.43. The summed E-state index contributed by atoms with van der Waals surface area (Å²) >= 11 is 0. The number of hydrogen-bond donors (Lipinski definition) is 2. The second-order valence-corrected chi connectivity index (χ2v) is 5.95. The van der Waals surface area contributed by atoms with Crippen LogP contribution in [0, 0.1) is 5.92 Å². The highest BCUT2D eigenvalue weighted by Crippen LogP contribution is 2.31. The van der Waals surface area contributed by atoms with Crippen molar-refractivity contribution in [2.45, 2.75) is 19.8 Å². The normalized spacial score (nSPS) is 16.2. The van der Waals surface area contributed by atoms with Crippen molar-refractivity contribution in [3.05, 3.63) is 47.8 Å². The van der Waals surface area contributed by atoms with E-state index < -0.39 is 0 Å². The maximum Gasteiger partial charge on any atom is 0.173 e. The van der Waals surface area contributed by atoms with Crippen molar-refractivity contribution < 1.29 is 4.79 Å². The Morgan fingerprint density at radius 2 is 2.23 bits per heavy atom. The van der Waals surface area contributed by atoms with E-state index in [-0.39, 0.29) is 11.7 Å².